The number of aromatic nitrogens is 3. The van der Waals surface area contributed by atoms with Crippen molar-refractivity contribution in [2.24, 2.45) is 0 Å². The molecule has 2 amide bonds. The van der Waals surface area contributed by atoms with Crippen molar-refractivity contribution in [3.8, 4) is 5.75 Å². The van der Waals surface area contributed by atoms with E-state index in [1.165, 1.54) is 11.8 Å². The number of benzene rings is 1. The number of likely N-dealkylation sites (tertiary alicyclic amines) is 1. The van der Waals surface area contributed by atoms with Gasteiger partial charge in [0.2, 0.25) is 11.8 Å². The molecule has 1 aliphatic rings. The van der Waals surface area contributed by atoms with Crippen LogP contribution in [-0.4, -0.2) is 63.8 Å². The average molecular weight is 428 g/mol. The first-order valence-electron chi connectivity index (χ1n) is 10.1. The minimum absolute atomic E-state index is 0.0569. The number of carbonyl (C=O) groups excluding carboxylic acids is 2. The lowest BCUT2D eigenvalue weighted by Crippen LogP contribution is -2.31. The Morgan fingerprint density at radius 3 is 2.93 bits per heavy atom. The molecule has 1 saturated heterocycles. The fourth-order valence-electron chi connectivity index (χ4n) is 3.74. The zero-order valence-corrected chi connectivity index (χ0v) is 18.0. The number of hydrogen-bond acceptors (Lipinski definition) is 6. The Morgan fingerprint density at radius 2 is 2.17 bits per heavy atom. The predicted octanol–water partition coefficient (Wildman–Crippen LogP) is 2.42. The number of nitrogens with zero attached hydrogens (tertiary/aromatic N) is 4. The number of methoxy groups -OCH3 is 1. The van der Waals surface area contributed by atoms with Crippen LogP contribution in [0.1, 0.15) is 24.8 Å². The van der Waals surface area contributed by atoms with Crippen LogP contribution < -0.4 is 10.1 Å². The van der Waals surface area contributed by atoms with E-state index in [1.54, 1.807) is 7.11 Å². The topological polar surface area (TPSA) is 88.8 Å². The van der Waals surface area contributed by atoms with Gasteiger partial charge in [-0.15, -0.1) is 10.2 Å². The molecule has 3 aromatic rings. The molecule has 30 heavy (non-hydrogen) atoms. The van der Waals surface area contributed by atoms with Crippen LogP contribution in [0.15, 0.2) is 29.4 Å². The number of amides is 2. The largest absolute Gasteiger partial charge is 0.497 e. The summed E-state index contributed by atoms with van der Waals surface area (Å²) >= 11 is 1.35. The molecular weight excluding hydrogens is 402 g/mol. The zero-order valence-electron chi connectivity index (χ0n) is 17.2. The maximum Gasteiger partial charge on any atom is 0.230 e. The second-order valence-corrected chi connectivity index (χ2v) is 8.31. The van der Waals surface area contributed by atoms with Crippen molar-refractivity contribution in [1.29, 1.82) is 0 Å². The highest BCUT2D eigenvalue weighted by Crippen LogP contribution is 2.28. The van der Waals surface area contributed by atoms with E-state index in [1.807, 2.05) is 40.5 Å². The van der Waals surface area contributed by atoms with Crippen molar-refractivity contribution in [1.82, 2.24) is 24.8 Å². The van der Waals surface area contributed by atoms with Gasteiger partial charge < -0.3 is 15.0 Å². The minimum Gasteiger partial charge on any atom is -0.497 e. The summed E-state index contributed by atoms with van der Waals surface area (Å²) in [6.07, 6.45) is 2.35. The Labute approximate surface area is 179 Å². The van der Waals surface area contributed by atoms with E-state index in [-0.39, 0.29) is 17.6 Å². The first-order valence-corrected chi connectivity index (χ1v) is 11.0. The summed E-state index contributed by atoms with van der Waals surface area (Å²) in [6.45, 7) is 4.14. The van der Waals surface area contributed by atoms with Crippen molar-refractivity contribution >= 4 is 40.1 Å². The maximum atomic E-state index is 12.3. The van der Waals surface area contributed by atoms with Gasteiger partial charge in [-0.2, -0.15) is 0 Å². The lowest BCUT2D eigenvalue weighted by atomic mass is 10.1. The van der Waals surface area contributed by atoms with E-state index in [0.717, 1.165) is 47.2 Å². The van der Waals surface area contributed by atoms with Gasteiger partial charge in [0, 0.05) is 37.5 Å². The van der Waals surface area contributed by atoms with Crippen LogP contribution in [-0.2, 0) is 9.59 Å². The van der Waals surface area contributed by atoms with Gasteiger partial charge >= 0.3 is 0 Å². The molecule has 0 bridgehead atoms. The maximum absolute atomic E-state index is 12.3. The number of aryl methyl sites for hydroxylation is 1. The summed E-state index contributed by atoms with van der Waals surface area (Å²) < 4.78 is 7.33. The first kappa shape index (κ1) is 20.5. The van der Waals surface area contributed by atoms with Gasteiger partial charge in [-0.3, -0.25) is 14.0 Å². The number of nitrogens with one attached hydrogen (secondary N) is 1. The van der Waals surface area contributed by atoms with Crippen LogP contribution in [0.4, 0.5) is 0 Å². The first-order chi connectivity index (χ1) is 14.6. The smallest absolute Gasteiger partial charge is 0.230 e. The average Bonchev–Trinajstić information content (AvgIpc) is 3.35. The lowest BCUT2D eigenvalue weighted by molar-refractivity contribution is -0.127. The molecule has 0 radical (unpaired) electrons. The van der Waals surface area contributed by atoms with Gasteiger partial charge in [0.05, 0.1) is 18.4 Å². The third-order valence-electron chi connectivity index (χ3n) is 5.31. The quantitative estimate of drug-likeness (QED) is 0.439. The van der Waals surface area contributed by atoms with Gasteiger partial charge in [-0.1, -0.05) is 11.8 Å². The third kappa shape index (κ3) is 4.21. The summed E-state index contributed by atoms with van der Waals surface area (Å²) in [5, 5.41) is 13.2. The van der Waals surface area contributed by atoms with E-state index in [2.05, 4.69) is 15.5 Å². The van der Waals surface area contributed by atoms with Crippen molar-refractivity contribution in [3.63, 3.8) is 0 Å². The zero-order chi connectivity index (χ0) is 21.1. The van der Waals surface area contributed by atoms with Crippen molar-refractivity contribution in [2.45, 2.75) is 31.3 Å². The van der Waals surface area contributed by atoms with Gasteiger partial charge in [0.25, 0.3) is 0 Å². The van der Waals surface area contributed by atoms with Gasteiger partial charge in [0.1, 0.15) is 5.75 Å². The molecule has 1 fully saturated rings. The summed E-state index contributed by atoms with van der Waals surface area (Å²) in [7, 11) is 1.64. The van der Waals surface area contributed by atoms with E-state index in [0.29, 0.717) is 24.7 Å². The Kier molecular flexibility index (Phi) is 6.08. The molecule has 9 heteroatoms. The summed E-state index contributed by atoms with van der Waals surface area (Å²) in [4.78, 5) is 25.7. The van der Waals surface area contributed by atoms with Crippen LogP contribution in [0.25, 0.3) is 16.6 Å². The van der Waals surface area contributed by atoms with Gasteiger partial charge in [-0.05, 0) is 43.5 Å². The van der Waals surface area contributed by atoms with Crippen molar-refractivity contribution in [2.75, 3.05) is 32.5 Å². The van der Waals surface area contributed by atoms with Crippen LogP contribution >= 0.6 is 11.8 Å². The molecule has 158 valence electrons. The number of thioether (sulfide) groups is 1. The number of hydrogen-bond donors (Lipinski definition) is 1. The van der Waals surface area contributed by atoms with E-state index < -0.39 is 0 Å². The standard InChI is InChI=1S/C21H25N5O3S/c1-14-11-18-23-24-21(26(18)17-12-15(29-2)6-7-16(14)17)30-13-19(27)22-8-4-10-25-9-3-5-20(25)28/h6-7,11-12H,3-5,8-10,13H2,1-2H3,(H,22,27). The Bertz CT molecular complexity index is 1100. The molecule has 4 rings (SSSR count). The number of fused-ring (bicyclic) bond motifs is 3. The fourth-order valence-corrected chi connectivity index (χ4v) is 4.52. The van der Waals surface area contributed by atoms with Crippen LogP contribution in [0.2, 0.25) is 0 Å². The highest BCUT2D eigenvalue weighted by Gasteiger charge is 2.19. The second kappa shape index (κ2) is 8.91. The Morgan fingerprint density at radius 1 is 1.30 bits per heavy atom. The Balaban J connectivity index is 1.39. The number of rotatable bonds is 8. The summed E-state index contributed by atoms with van der Waals surface area (Å²) in [5.74, 6) is 1.17. The SMILES string of the molecule is COc1ccc2c(C)cc3nnc(SCC(=O)NCCCN4CCCC4=O)n3c2c1. The predicted molar refractivity (Wildman–Crippen MR) is 116 cm³/mol. The molecule has 1 aromatic carbocycles. The summed E-state index contributed by atoms with van der Waals surface area (Å²) in [6, 6.07) is 7.91. The monoisotopic (exact) mass is 427 g/mol. The molecule has 1 N–H and O–H groups in total. The molecule has 2 aromatic heterocycles. The second-order valence-electron chi connectivity index (χ2n) is 7.36. The van der Waals surface area contributed by atoms with Crippen molar-refractivity contribution < 1.29 is 14.3 Å². The molecule has 1 aliphatic heterocycles. The van der Waals surface area contributed by atoms with E-state index in [9.17, 15) is 9.59 Å². The van der Waals surface area contributed by atoms with Gasteiger partial charge in [-0.25, -0.2) is 0 Å². The van der Waals surface area contributed by atoms with Crippen LogP contribution in [0, 0.1) is 6.92 Å². The molecule has 0 atom stereocenters. The fraction of sp³-hybridized carbons (Fsp3) is 0.429. The highest BCUT2D eigenvalue weighted by atomic mass is 32.2. The number of pyridine rings is 1. The third-order valence-corrected chi connectivity index (χ3v) is 6.23. The molecule has 0 spiro atoms. The minimum atomic E-state index is -0.0569. The molecular formula is C21H25N5O3S. The summed E-state index contributed by atoms with van der Waals surface area (Å²) in [5.41, 5.74) is 2.80. The van der Waals surface area contributed by atoms with E-state index in [4.69, 9.17) is 4.74 Å². The number of carbonyl (C=O) groups is 2. The van der Waals surface area contributed by atoms with Gasteiger partial charge in [0.15, 0.2) is 10.8 Å². The Hall–Kier alpha value is -2.81. The lowest BCUT2D eigenvalue weighted by Gasteiger charge is -2.15. The molecule has 0 saturated carbocycles. The van der Waals surface area contributed by atoms with Crippen molar-refractivity contribution in [3.05, 3.63) is 29.8 Å². The molecule has 0 aliphatic carbocycles. The molecule has 0 unspecified atom stereocenters. The van der Waals surface area contributed by atoms with E-state index >= 15 is 0 Å². The van der Waals surface area contributed by atoms with Crippen LogP contribution in [0.5, 0.6) is 5.75 Å². The number of ether oxygens (including phenoxy) is 1. The molecule has 3 heterocycles. The molecule has 8 nitrogen and oxygen atoms in total. The van der Waals surface area contributed by atoms with Crippen LogP contribution in [0.3, 0.4) is 0 Å². The highest BCUT2D eigenvalue weighted by molar-refractivity contribution is 7.99. The normalized spacial score (nSPS) is 14.1.